The summed E-state index contributed by atoms with van der Waals surface area (Å²) in [5, 5.41) is 19.4. The van der Waals surface area contributed by atoms with Gasteiger partial charge in [-0.05, 0) is 25.4 Å². The van der Waals surface area contributed by atoms with Crippen LogP contribution in [0.25, 0.3) is 0 Å². The molecule has 1 unspecified atom stereocenters. The monoisotopic (exact) mass is 177 g/mol. The highest BCUT2D eigenvalue weighted by atomic mass is 15.4. The molecule has 1 aliphatic rings. The number of nitrogens with zero attached hydrogens (tertiary/aromatic N) is 4. The molecule has 1 fully saturated rings. The minimum atomic E-state index is 0.394. The van der Waals surface area contributed by atoms with Crippen molar-refractivity contribution < 1.29 is 0 Å². The molecule has 2 heterocycles. The van der Waals surface area contributed by atoms with E-state index in [1.165, 1.54) is 6.42 Å². The lowest BCUT2D eigenvalue weighted by atomic mass is 10.1. The summed E-state index contributed by atoms with van der Waals surface area (Å²) >= 11 is 0. The Bertz CT molecular complexity index is 318. The Balaban J connectivity index is 1.97. The molecule has 0 bridgehead atoms. The molecule has 1 saturated heterocycles. The van der Waals surface area contributed by atoms with Crippen LogP contribution in [0.2, 0.25) is 0 Å². The molecule has 0 saturated carbocycles. The molecule has 0 spiro atoms. The average Bonchev–Trinajstić information content (AvgIpc) is 2.76. The molecule has 1 aliphatic heterocycles. The standard InChI is InChI=1S/C8H11N5/c9-3-8-6-13(12-11-8)5-7-1-2-10-4-7/h6-7,10H,1-2,4-5H2. The van der Waals surface area contributed by atoms with E-state index in [1.54, 1.807) is 10.9 Å². The maximum atomic E-state index is 8.53. The second-order valence-corrected chi connectivity index (χ2v) is 3.30. The topological polar surface area (TPSA) is 66.5 Å². The molecule has 0 amide bonds. The summed E-state index contributed by atoms with van der Waals surface area (Å²) in [4.78, 5) is 0. The predicted octanol–water partition coefficient (Wildman–Crippen LogP) is -0.241. The Morgan fingerprint density at radius 1 is 1.77 bits per heavy atom. The predicted molar refractivity (Wildman–Crippen MR) is 45.7 cm³/mol. The molecule has 0 aliphatic carbocycles. The summed E-state index contributed by atoms with van der Waals surface area (Å²) < 4.78 is 1.75. The molecule has 1 N–H and O–H groups in total. The molecule has 1 atom stereocenters. The molecule has 13 heavy (non-hydrogen) atoms. The van der Waals surface area contributed by atoms with Crippen molar-refractivity contribution >= 4 is 0 Å². The van der Waals surface area contributed by atoms with Crippen LogP contribution in [-0.4, -0.2) is 28.1 Å². The lowest BCUT2D eigenvalue weighted by Crippen LogP contribution is -2.14. The first-order valence-corrected chi connectivity index (χ1v) is 4.39. The SMILES string of the molecule is N#Cc1cn(CC2CCNC2)nn1. The molecule has 1 aromatic rings. The fourth-order valence-corrected chi connectivity index (χ4v) is 1.57. The zero-order chi connectivity index (χ0) is 9.10. The first-order valence-electron chi connectivity index (χ1n) is 4.39. The van der Waals surface area contributed by atoms with E-state index in [2.05, 4.69) is 15.6 Å². The Morgan fingerprint density at radius 3 is 3.31 bits per heavy atom. The third-order valence-corrected chi connectivity index (χ3v) is 2.26. The average molecular weight is 177 g/mol. The number of nitriles is 1. The van der Waals surface area contributed by atoms with Gasteiger partial charge in [0.1, 0.15) is 6.07 Å². The summed E-state index contributed by atoms with van der Waals surface area (Å²) in [6.07, 6.45) is 2.88. The quantitative estimate of drug-likeness (QED) is 0.677. The van der Waals surface area contributed by atoms with Crippen molar-refractivity contribution in [3.63, 3.8) is 0 Å². The normalized spacial score (nSPS) is 21.6. The molecule has 0 radical (unpaired) electrons. The van der Waals surface area contributed by atoms with Crippen LogP contribution in [0, 0.1) is 17.2 Å². The van der Waals surface area contributed by atoms with Gasteiger partial charge < -0.3 is 5.32 Å². The van der Waals surface area contributed by atoms with Gasteiger partial charge >= 0.3 is 0 Å². The van der Waals surface area contributed by atoms with Crippen molar-refractivity contribution in [2.45, 2.75) is 13.0 Å². The molecule has 1 aromatic heterocycles. The second kappa shape index (κ2) is 3.54. The smallest absolute Gasteiger partial charge is 0.182 e. The molecule has 5 nitrogen and oxygen atoms in total. The van der Waals surface area contributed by atoms with Crippen molar-refractivity contribution in [3.8, 4) is 6.07 Å². The van der Waals surface area contributed by atoms with E-state index in [1.807, 2.05) is 6.07 Å². The first kappa shape index (κ1) is 8.20. The van der Waals surface area contributed by atoms with Gasteiger partial charge in [0.15, 0.2) is 5.69 Å². The van der Waals surface area contributed by atoms with Crippen LogP contribution in [-0.2, 0) is 6.54 Å². The van der Waals surface area contributed by atoms with Gasteiger partial charge in [0, 0.05) is 6.54 Å². The summed E-state index contributed by atoms with van der Waals surface area (Å²) in [5.41, 5.74) is 0.394. The van der Waals surface area contributed by atoms with E-state index in [-0.39, 0.29) is 0 Å². The molecule has 68 valence electrons. The highest BCUT2D eigenvalue weighted by molar-refractivity contribution is 5.13. The minimum Gasteiger partial charge on any atom is -0.316 e. The Kier molecular flexibility index (Phi) is 2.23. The van der Waals surface area contributed by atoms with Crippen LogP contribution in [0.3, 0.4) is 0 Å². The highest BCUT2D eigenvalue weighted by Crippen LogP contribution is 2.09. The number of nitrogens with one attached hydrogen (secondary N) is 1. The molecule has 5 heteroatoms. The first-order chi connectivity index (χ1) is 6.38. The van der Waals surface area contributed by atoms with Gasteiger partial charge in [-0.25, -0.2) is 0 Å². The second-order valence-electron chi connectivity index (χ2n) is 3.30. The summed E-state index contributed by atoms with van der Waals surface area (Å²) in [5.74, 6) is 0.633. The fourth-order valence-electron chi connectivity index (χ4n) is 1.57. The Hall–Kier alpha value is -1.41. The van der Waals surface area contributed by atoms with Crippen LogP contribution >= 0.6 is 0 Å². The number of rotatable bonds is 2. The highest BCUT2D eigenvalue weighted by Gasteiger charge is 2.15. The largest absolute Gasteiger partial charge is 0.316 e. The zero-order valence-electron chi connectivity index (χ0n) is 7.27. The third-order valence-electron chi connectivity index (χ3n) is 2.26. The fraction of sp³-hybridized carbons (Fsp3) is 0.625. The van der Waals surface area contributed by atoms with E-state index in [0.29, 0.717) is 11.6 Å². The minimum absolute atomic E-state index is 0.394. The van der Waals surface area contributed by atoms with E-state index in [9.17, 15) is 0 Å². The van der Waals surface area contributed by atoms with E-state index in [4.69, 9.17) is 5.26 Å². The van der Waals surface area contributed by atoms with Gasteiger partial charge in [-0.3, -0.25) is 4.68 Å². The van der Waals surface area contributed by atoms with Crippen LogP contribution in [0.15, 0.2) is 6.20 Å². The van der Waals surface area contributed by atoms with E-state index < -0.39 is 0 Å². The van der Waals surface area contributed by atoms with Crippen LogP contribution in [0.1, 0.15) is 12.1 Å². The number of hydrogen-bond acceptors (Lipinski definition) is 4. The van der Waals surface area contributed by atoms with Crippen molar-refractivity contribution in [1.29, 1.82) is 5.26 Å². The number of hydrogen-bond donors (Lipinski definition) is 1. The van der Waals surface area contributed by atoms with Gasteiger partial charge in [-0.2, -0.15) is 5.26 Å². The van der Waals surface area contributed by atoms with Gasteiger partial charge in [0.25, 0.3) is 0 Å². The third kappa shape index (κ3) is 1.84. The zero-order valence-corrected chi connectivity index (χ0v) is 7.27. The van der Waals surface area contributed by atoms with Gasteiger partial charge in [0.2, 0.25) is 0 Å². The lowest BCUT2D eigenvalue weighted by molar-refractivity contribution is 0.441. The number of aromatic nitrogens is 3. The van der Waals surface area contributed by atoms with Gasteiger partial charge in [-0.15, -0.1) is 5.10 Å². The van der Waals surface area contributed by atoms with Crippen LogP contribution in [0.4, 0.5) is 0 Å². The van der Waals surface area contributed by atoms with Crippen molar-refractivity contribution in [2.75, 3.05) is 13.1 Å². The molecule has 0 aromatic carbocycles. The van der Waals surface area contributed by atoms with E-state index in [0.717, 1.165) is 19.6 Å². The van der Waals surface area contributed by atoms with Crippen molar-refractivity contribution in [2.24, 2.45) is 5.92 Å². The maximum Gasteiger partial charge on any atom is 0.182 e. The van der Waals surface area contributed by atoms with Gasteiger partial charge in [-0.1, -0.05) is 5.21 Å². The maximum absolute atomic E-state index is 8.53. The molecular weight excluding hydrogens is 166 g/mol. The van der Waals surface area contributed by atoms with Crippen LogP contribution in [0.5, 0.6) is 0 Å². The van der Waals surface area contributed by atoms with Crippen molar-refractivity contribution in [3.05, 3.63) is 11.9 Å². The molecular formula is C8H11N5. The summed E-state index contributed by atoms with van der Waals surface area (Å²) in [6.45, 7) is 2.99. The van der Waals surface area contributed by atoms with Crippen molar-refractivity contribution in [1.82, 2.24) is 20.3 Å². The molecule has 2 rings (SSSR count). The lowest BCUT2D eigenvalue weighted by Gasteiger charge is -2.05. The Morgan fingerprint density at radius 2 is 2.69 bits per heavy atom. The summed E-state index contributed by atoms with van der Waals surface area (Å²) in [6, 6.07) is 1.96. The van der Waals surface area contributed by atoms with E-state index >= 15 is 0 Å². The Labute approximate surface area is 76.4 Å². The van der Waals surface area contributed by atoms with Gasteiger partial charge in [0.05, 0.1) is 6.20 Å². The summed E-state index contributed by atoms with van der Waals surface area (Å²) in [7, 11) is 0. The van der Waals surface area contributed by atoms with Crippen LogP contribution < -0.4 is 5.32 Å².